The molecule has 0 aliphatic carbocycles. The van der Waals surface area contributed by atoms with Crippen LogP contribution >= 0.6 is 19.6 Å². The van der Waals surface area contributed by atoms with Crippen molar-refractivity contribution in [3.8, 4) is 5.75 Å². The Kier molecular flexibility index (Phi) is 3.29. The molecular weight excluding hydrogens is 303 g/mol. The lowest BCUT2D eigenvalue weighted by molar-refractivity contribution is 0.0937. The van der Waals surface area contributed by atoms with Gasteiger partial charge in [-0.15, -0.1) is 0 Å². The van der Waals surface area contributed by atoms with Crippen molar-refractivity contribution >= 4 is 19.6 Å². The highest BCUT2D eigenvalue weighted by molar-refractivity contribution is 8.00. The lowest BCUT2D eigenvalue weighted by Gasteiger charge is -2.32. The number of para-hydroxylation sites is 1. The van der Waals surface area contributed by atoms with E-state index < -0.39 is 7.82 Å². The summed E-state index contributed by atoms with van der Waals surface area (Å²) in [5.41, 5.74) is -0.681. The number of phosphoric acid groups is 1. The molecule has 3 aliphatic rings. The van der Waals surface area contributed by atoms with E-state index in [9.17, 15) is 4.57 Å². The number of phosphoric ester groups is 1. The predicted molar refractivity (Wildman–Crippen MR) is 71.5 cm³/mol. The molecule has 20 heavy (non-hydrogen) atoms. The first-order valence-electron chi connectivity index (χ1n) is 6.32. The summed E-state index contributed by atoms with van der Waals surface area (Å²) in [5.74, 6) is 0.452. The van der Waals surface area contributed by atoms with Crippen molar-refractivity contribution in [2.45, 2.75) is 23.1 Å². The van der Waals surface area contributed by atoms with Crippen molar-refractivity contribution in [1.82, 2.24) is 0 Å². The van der Waals surface area contributed by atoms with E-state index in [-0.39, 0.29) is 23.1 Å². The van der Waals surface area contributed by atoms with Crippen molar-refractivity contribution in [2.75, 3.05) is 13.2 Å². The zero-order chi connectivity index (χ0) is 13.6. The van der Waals surface area contributed by atoms with Crippen LogP contribution in [0, 0.1) is 0 Å². The Balaban J connectivity index is 1.53. The minimum Gasteiger partial charge on any atom is -0.404 e. The molecule has 3 saturated heterocycles. The molecule has 0 radical (unpaired) electrons. The number of hydrogen-bond donors (Lipinski definition) is 0. The quantitative estimate of drug-likeness (QED) is 0.624. The summed E-state index contributed by atoms with van der Waals surface area (Å²) in [6.07, 6.45) is -0.0873. The molecule has 3 fully saturated rings. The second-order valence-corrected chi connectivity index (χ2v) is 7.38. The maximum Gasteiger partial charge on any atom is 0.532 e. The molecule has 0 bridgehead atoms. The molecule has 4 atom stereocenters. The fourth-order valence-corrected chi connectivity index (χ4v) is 5.11. The molecule has 4 unspecified atom stereocenters. The Morgan fingerprint density at radius 3 is 2.10 bits per heavy atom. The molecule has 3 heterocycles. The van der Waals surface area contributed by atoms with Gasteiger partial charge in [-0.1, -0.05) is 30.0 Å². The van der Waals surface area contributed by atoms with Crippen molar-refractivity contribution in [2.24, 2.45) is 0 Å². The van der Waals surface area contributed by atoms with Crippen molar-refractivity contribution in [1.29, 1.82) is 0 Å². The zero-order valence-corrected chi connectivity index (χ0v) is 12.1. The van der Waals surface area contributed by atoms with Gasteiger partial charge in [0.05, 0.1) is 13.2 Å². The summed E-state index contributed by atoms with van der Waals surface area (Å²) >= 11 is 1.44. The summed E-state index contributed by atoms with van der Waals surface area (Å²) in [6.45, 7) is 1.22. The van der Waals surface area contributed by atoms with Gasteiger partial charge in [0.15, 0.2) is 0 Å². The third-order valence-electron chi connectivity index (χ3n) is 3.02. The first-order valence-corrected chi connectivity index (χ1v) is 8.72. The lowest BCUT2D eigenvalue weighted by Crippen LogP contribution is -2.30. The second-order valence-electron chi connectivity index (χ2n) is 4.68. The van der Waals surface area contributed by atoms with Gasteiger partial charge in [0, 0.05) is 0 Å². The van der Waals surface area contributed by atoms with Crippen LogP contribution in [0.2, 0.25) is 0 Å². The molecular formula is C12H13O6PS. The van der Waals surface area contributed by atoms with Crippen LogP contribution in [-0.2, 0) is 23.1 Å². The highest BCUT2D eigenvalue weighted by atomic mass is 32.2. The Morgan fingerprint density at radius 1 is 1.05 bits per heavy atom. The summed E-state index contributed by atoms with van der Waals surface area (Å²) < 4.78 is 39.6. The highest BCUT2D eigenvalue weighted by Gasteiger charge is 2.53. The topological polar surface area (TPSA) is 69.8 Å². The van der Waals surface area contributed by atoms with Crippen molar-refractivity contribution < 1.29 is 27.6 Å². The van der Waals surface area contributed by atoms with E-state index in [1.807, 2.05) is 6.07 Å². The van der Waals surface area contributed by atoms with Gasteiger partial charge >= 0.3 is 7.82 Å². The van der Waals surface area contributed by atoms with Crippen LogP contribution in [0.5, 0.6) is 5.75 Å². The fourth-order valence-electron chi connectivity index (χ4n) is 1.85. The Hall–Kier alpha value is -0.560. The first kappa shape index (κ1) is 13.1. The maximum atomic E-state index is 12.7. The van der Waals surface area contributed by atoms with E-state index >= 15 is 0 Å². The number of thioether (sulfide) groups is 1. The number of rotatable bonds is 4. The van der Waals surface area contributed by atoms with E-state index in [4.69, 9.17) is 23.0 Å². The highest BCUT2D eigenvalue weighted by Crippen LogP contribution is 2.60. The van der Waals surface area contributed by atoms with Crippen LogP contribution in [0.1, 0.15) is 0 Å². The van der Waals surface area contributed by atoms with Crippen LogP contribution < -0.4 is 4.52 Å². The molecule has 8 heteroatoms. The molecule has 4 rings (SSSR count). The van der Waals surface area contributed by atoms with Crippen LogP contribution in [0.4, 0.5) is 0 Å². The Labute approximate surface area is 120 Å². The molecule has 0 saturated carbocycles. The SMILES string of the molecule is O=P1(Oc2ccccc2)OC(C2CO2)SC(C2CO2)O1. The monoisotopic (exact) mass is 316 g/mol. The standard InChI is InChI=1S/C12H13O6PS/c13-19(16-8-4-2-1-3-5-8)17-11(9-6-14-9)20-12(18-19)10-7-15-10/h1-5,9-12H,6-7H2. The molecule has 0 N–H and O–H groups in total. The van der Waals surface area contributed by atoms with Crippen LogP contribution in [0.15, 0.2) is 30.3 Å². The van der Waals surface area contributed by atoms with Crippen molar-refractivity contribution in [3.63, 3.8) is 0 Å². The minimum atomic E-state index is -3.66. The Bertz CT molecular complexity index is 508. The molecule has 1 aromatic rings. The van der Waals surface area contributed by atoms with Gasteiger partial charge in [-0.3, -0.25) is 9.05 Å². The van der Waals surface area contributed by atoms with E-state index in [0.29, 0.717) is 19.0 Å². The molecule has 6 nitrogen and oxygen atoms in total. The molecule has 0 aromatic heterocycles. The Morgan fingerprint density at radius 2 is 1.60 bits per heavy atom. The maximum absolute atomic E-state index is 12.7. The van der Waals surface area contributed by atoms with Gasteiger partial charge in [0.2, 0.25) is 0 Å². The van der Waals surface area contributed by atoms with Crippen molar-refractivity contribution in [3.05, 3.63) is 30.3 Å². The normalized spacial score (nSPS) is 43.0. The van der Waals surface area contributed by atoms with Gasteiger partial charge in [-0.2, -0.15) is 0 Å². The van der Waals surface area contributed by atoms with E-state index in [2.05, 4.69) is 0 Å². The number of hydrogen-bond acceptors (Lipinski definition) is 7. The smallest absolute Gasteiger partial charge is 0.404 e. The van der Waals surface area contributed by atoms with Crippen LogP contribution in [0.3, 0.4) is 0 Å². The van der Waals surface area contributed by atoms with E-state index in [0.717, 1.165) is 0 Å². The zero-order valence-electron chi connectivity index (χ0n) is 10.4. The summed E-state index contributed by atoms with van der Waals surface area (Å²) in [7, 11) is -3.66. The van der Waals surface area contributed by atoms with E-state index in [1.165, 1.54) is 11.8 Å². The molecule has 108 valence electrons. The molecule has 0 amide bonds. The summed E-state index contributed by atoms with van der Waals surface area (Å²) in [4.78, 5) is 0. The van der Waals surface area contributed by atoms with E-state index in [1.54, 1.807) is 24.3 Å². The first-order chi connectivity index (χ1) is 9.72. The summed E-state index contributed by atoms with van der Waals surface area (Å²) in [6, 6.07) is 8.86. The van der Waals surface area contributed by atoms with Crippen LogP contribution in [0.25, 0.3) is 0 Å². The average Bonchev–Trinajstić information content (AvgIpc) is 3.30. The van der Waals surface area contributed by atoms with Gasteiger partial charge < -0.3 is 14.0 Å². The largest absolute Gasteiger partial charge is 0.532 e. The van der Waals surface area contributed by atoms with Gasteiger partial charge in [0.1, 0.15) is 28.8 Å². The molecule has 0 spiro atoms. The van der Waals surface area contributed by atoms with Gasteiger partial charge in [-0.25, -0.2) is 4.57 Å². The van der Waals surface area contributed by atoms with Gasteiger partial charge in [0.25, 0.3) is 0 Å². The fraction of sp³-hybridized carbons (Fsp3) is 0.500. The number of ether oxygens (including phenoxy) is 2. The van der Waals surface area contributed by atoms with Crippen LogP contribution in [-0.4, -0.2) is 36.3 Å². The third kappa shape index (κ3) is 2.88. The average molecular weight is 316 g/mol. The minimum absolute atomic E-state index is 0.0437. The second kappa shape index (κ2) is 5.02. The predicted octanol–water partition coefficient (Wildman–Crippen LogP) is 2.40. The molecule has 3 aliphatic heterocycles. The molecule has 1 aromatic carbocycles. The third-order valence-corrected chi connectivity index (χ3v) is 6.05. The van der Waals surface area contributed by atoms with Gasteiger partial charge in [-0.05, 0) is 12.1 Å². The number of epoxide rings is 2. The summed E-state index contributed by atoms with van der Waals surface area (Å²) in [5, 5.41) is 0. The lowest BCUT2D eigenvalue weighted by atomic mass is 10.3. The number of benzene rings is 1.